The molecule has 0 radical (unpaired) electrons. The summed E-state index contributed by atoms with van der Waals surface area (Å²) < 4.78 is 44.6. The first-order chi connectivity index (χ1) is 11.8. The van der Waals surface area contributed by atoms with Crippen molar-refractivity contribution in [2.45, 2.75) is 12.3 Å². The number of nitrogens with zero attached hydrogens (tertiary/aromatic N) is 1. The number of likely N-dealkylation sites (N-methyl/N-ethyl adjacent to an activating group) is 1. The second-order valence-electron chi connectivity index (χ2n) is 5.87. The van der Waals surface area contributed by atoms with Gasteiger partial charge in [0.2, 0.25) is 5.78 Å². The monoisotopic (exact) mass is 350 g/mol. The molecule has 0 aliphatic carbocycles. The molecular weight excluding hydrogens is 333 g/mol. The lowest BCUT2D eigenvalue weighted by atomic mass is 9.95. The molecule has 0 bridgehead atoms. The summed E-state index contributed by atoms with van der Waals surface area (Å²) in [6.45, 7) is 0.719. The highest BCUT2D eigenvalue weighted by Crippen LogP contribution is 2.36. The lowest BCUT2D eigenvalue weighted by molar-refractivity contribution is -0.137. The Morgan fingerprint density at radius 1 is 1.32 bits per heavy atom. The molecular formula is C18H17F3N2O2. The number of ketones is 1. The smallest absolute Gasteiger partial charge is 0.416 e. The van der Waals surface area contributed by atoms with Gasteiger partial charge in [-0.2, -0.15) is 13.2 Å². The fraction of sp³-hybridized carbons (Fsp3) is 0.278. The van der Waals surface area contributed by atoms with Crippen molar-refractivity contribution in [1.29, 1.82) is 0 Å². The van der Waals surface area contributed by atoms with Crippen molar-refractivity contribution < 1.29 is 22.7 Å². The van der Waals surface area contributed by atoms with Crippen LogP contribution in [0.15, 0.2) is 54.1 Å². The molecule has 0 saturated heterocycles. The zero-order chi connectivity index (χ0) is 18.2. The largest absolute Gasteiger partial charge is 0.462 e. The van der Waals surface area contributed by atoms with Crippen LogP contribution in [0.1, 0.15) is 11.1 Å². The summed E-state index contributed by atoms with van der Waals surface area (Å²) in [7, 11) is 3.43. The van der Waals surface area contributed by atoms with E-state index in [4.69, 9.17) is 4.74 Å². The minimum atomic E-state index is -4.48. The number of Topliss-reactive ketones (excluding diaryl/α,β-unsaturated/α-hetero) is 1. The van der Waals surface area contributed by atoms with Crippen LogP contribution in [0, 0.1) is 0 Å². The molecule has 2 heterocycles. The molecule has 0 saturated carbocycles. The third kappa shape index (κ3) is 3.26. The van der Waals surface area contributed by atoms with Crippen LogP contribution in [0.3, 0.4) is 0 Å². The highest BCUT2D eigenvalue weighted by Gasteiger charge is 2.39. The number of carbonyl (C=O) groups excluding carboxylic acids is 1. The minimum Gasteiger partial charge on any atom is -0.462 e. The van der Waals surface area contributed by atoms with E-state index in [2.05, 4.69) is 5.32 Å². The Balaban J connectivity index is 1.98. The van der Waals surface area contributed by atoms with Gasteiger partial charge in [0, 0.05) is 32.4 Å². The Labute approximate surface area is 143 Å². The van der Waals surface area contributed by atoms with Crippen molar-refractivity contribution in [2.75, 3.05) is 20.6 Å². The van der Waals surface area contributed by atoms with E-state index in [1.54, 1.807) is 19.3 Å². The number of halogens is 3. The maximum Gasteiger partial charge on any atom is 0.416 e. The van der Waals surface area contributed by atoms with Gasteiger partial charge in [-0.15, -0.1) is 0 Å². The van der Waals surface area contributed by atoms with Crippen LogP contribution < -0.4 is 5.32 Å². The molecule has 3 rings (SSSR count). The Morgan fingerprint density at radius 3 is 2.72 bits per heavy atom. The van der Waals surface area contributed by atoms with Gasteiger partial charge in [0.15, 0.2) is 12.0 Å². The average Bonchev–Trinajstić information content (AvgIpc) is 2.91. The van der Waals surface area contributed by atoms with E-state index in [0.717, 1.165) is 18.7 Å². The SMILES string of the molecule is CNC1=C(c2cccc(C(F)(F)F)c2)C(=O)C(C2=CN(C)CC=C2)O1. The Kier molecular flexibility index (Phi) is 4.32. The summed E-state index contributed by atoms with van der Waals surface area (Å²) in [6.07, 6.45) is 0.143. The summed E-state index contributed by atoms with van der Waals surface area (Å²) in [5, 5.41) is 2.77. The minimum absolute atomic E-state index is 0.126. The van der Waals surface area contributed by atoms with E-state index in [0.29, 0.717) is 5.57 Å². The van der Waals surface area contributed by atoms with Crippen molar-refractivity contribution in [1.82, 2.24) is 10.2 Å². The van der Waals surface area contributed by atoms with E-state index < -0.39 is 17.8 Å². The fourth-order valence-electron chi connectivity index (χ4n) is 2.86. The van der Waals surface area contributed by atoms with Gasteiger partial charge in [0.1, 0.15) is 0 Å². The van der Waals surface area contributed by atoms with E-state index in [-0.39, 0.29) is 22.8 Å². The molecule has 0 spiro atoms. The van der Waals surface area contributed by atoms with Crippen LogP contribution in [0.4, 0.5) is 13.2 Å². The number of benzene rings is 1. The highest BCUT2D eigenvalue weighted by molar-refractivity contribution is 6.26. The topological polar surface area (TPSA) is 41.6 Å². The number of rotatable bonds is 3. The van der Waals surface area contributed by atoms with E-state index in [1.165, 1.54) is 12.1 Å². The van der Waals surface area contributed by atoms with Gasteiger partial charge in [0.25, 0.3) is 0 Å². The first kappa shape index (κ1) is 17.1. The van der Waals surface area contributed by atoms with E-state index in [9.17, 15) is 18.0 Å². The van der Waals surface area contributed by atoms with Crippen LogP contribution in [-0.2, 0) is 15.7 Å². The Bertz CT molecular complexity index is 794. The highest BCUT2D eigenvalue weighted by atomic mass is 19.4. The Hall–Kier alpha value is -2.70. The van der Waals surface area contributed by atoms with Gasteiger partial charge in [-0.05, 0) is 17.7 Å². The number of ether oxygens (including phenoxy) is 1. The zero-order valence-corrected chi connectivity index (χ0v) is 13.7. The summed E-state index contributed by atoms with van der Waals surface area (Å²) >= 11 is 0. The molecule has 0 fully saturated rings. The summed E-state index contributed by atoms with van der Waals surface area (Å²) in [5.41, 5.74) is 0.163. The first-order valence-electron chi connectivity index (χ1n) is 7.70. The van der Waals surface area contributed by atoms with Gasteiger partial charge in [-0.3, -0.25) is 4.79 Å². The molecule has 7 heteroatoms. The molecule has 1 N–H and O–H groups in total. The lowest BCUT2D eigenvalue weighted by Crippen LogP contribution is -2.25. The molecule has 2 aliphatic rings. The quantitative estimate of drug-likeness (QED) is 0.910. The molecule has 4 nitrogen and oxygen atoms in total. The maximum atomic E-state index is 13.0. The number of alkyl halides is 3. The molecule has 1 aromatic rings. The van der Waals surface area contributed by atoms with Gasteiger partial charge in [-0.25, -0.2) is 0 Å². The molecule has 1 unspecified atom stereocenters. The third-order valence-electron chi connectivity index (χ3n) is 4.03. The van der Waals surface area contributed by atoms with Gasteiger partial charge in [0.05, 0.1) is 11.1 Å². The van der Waals surface area contributed by atoms with Gasteiger partial charge < -0.3 is 15.0 Å². The predicted molar refractivity (Wildman–Crippen MR) is 87.2 cm³/mol. The van der Waals surface area contributed by atoms with Gasteiger partial charge >= 0.3 is 6.18 Å². The van der Waals surface area contributed by atoms with Crippen LogP contribution in [0.25, 0.3) is 5.57 Å². The third-order valence-corrected chi connectivity index (χ3v) is 4.03. The number of carbonyl (C=O) groups is 1. The number of hydrogen-bond acceptors (Lipinski definition) is 4. The summed E-state index contributed by atoms with van der Waals surface area (Å²) in [5.74, 6) is -0.188. The number of nitrogens with one attached hydrogen (secondary N) is 1. The molecule has 0 amide bonds. The summed E-state index contributed by atoms with van der Waals surface area (Å²) in [6, 6.07) is 4.70. The molecule has 0 aromatic heterocycles. The van der Waals surface area contributed by atoms with Crippen molar-refractivity contribution >= 4 is 11.4 Å². The predicted octanol–water partition coefficient (Wildman–Crippen LogP) is 2.95. The molecule has 1 aromatic carbocycles. The Morgan fingerprint density at radius 2 is 2.08 bits per heavy atom. The van der Waals surface area contributed by atoms with Crippen molar-refractivity contribution in [3.8, 4) is 0 Å². The van der Waals surface area contributed by atoms with Gasteiger partial charge in [-0.1, -0.05) is 24.3 Å². The number of hydrogen-bond donors (Lipinski definition) is 1. The van der Waals surface area contributed by atoms with E-state index in [1.807, 2.05) is 18.0 Å². The van der Waals surface area contributed by atoms with Crippen molar-refractivity contribution in [3.63, 3.8) is 0 Å². The first-order valence-corrected chi connectivity index (χ1v) is 7.70. The normalized spacial score (nSPS) is 20.7. The molecule has 1 atom stereocenters. The average molecular weight is 350 g/mol. The second kappa shape index (κ2) is 6.31. The second-order valence-corrected chi connectivity index (χ2v) is 5.87. The van der Waals surface area contributed by atoms with Crippen LogP contribution >= 0.6 is 0 Å². The fourth-order valence-corrected chi connectivity index (χ4v) is 2.86. The van der Waals surface area contributed by atoms with Crippen LogP contribution in [-0.4, -0.2) is 37.4 Å². The molecule has 2 aliphatic heterocycles. The van der Waals surface area contributed by atoms with Crippen molar-refractivity contribution in [3.05, 3.63) is 65.2 Å². The van der Waals surface area contributed by atoms with E-state index >= 15 is 0 Å². The standard InChI is InChI=1S/C18H17F3N2O2/c1-22-17-14(11-5-3-7-13(9-11)18(19,20)21)15(24)16(25-17)12-6-4-8-23(2)10-12/h3-7,9-10,16,22H,8H2,1-2H3. The summed E-state index contributed by atoms with van der Waals surface area (Å²) in [4.78, 5) is 14.7. The van der Waals surface area contributed by atoms with Crippen LogP contribution in [0.5, 0.6) is 0 Å². The molecule has 25 heavy (non-hydrogen) atoms. The zero-order valence-electron chi connectivity index (χ0n) is 13.7. The lowest BCUT2D eigenvalue weighted by Gasteiger charge is -2.21. The van der Waals surface area contributed by atoms with Crippen molar-refractivity contribution in [2.24, 2.45) is 0 Å². The molecule has 132 valence electrons. The maximum absolute atomic E-state index is 13.0. The van der Waals surface area contributed by atoms with Crippen LogP contribution in [0.2, 0.25) is 0 Å².